The summed E-state index contributed by atoms with van der Waals surface area (Å²) in [6.07, 6.45) is -1.46. The van der Waals surface area contributed by atoms with E-state index < -0.39 is 38.8 Å². The first-order chi connectivity index (χ1) is 9.64. The molecular weight excluding hydrogens is 304 g/mol. The van der Waals surface area contributed by atoms with E-state index in [0.717, 1.165) is 13.0 Å². The molecule has 9 nitrogen and oxygen atoms in total. The number of nitro benzene ring substituents is 1. The predicted molar refractivity (Wildman–Crippen MR) is 72.0 cm³/mol. The number of nitrogens with one attached hydrogen (secondary N) is 1. The minimum absolute atomic E-state index is 0.0790. The summed E-state index contributed by atoms with van der Waals surface area (Å²) in [6, 6.07) is 3.50. The molecule has 1 rings (SSSR count). The lowest BCUT2D eigenvalue weighted by atomic mass is 10.2. The first-order valence-corrected chi connectivity index (χ1v) is 7.42. The van der Waals surface area contributed by atoms with E-state index in [2.05, 4.69) is 0 Å². The molecule has 0 fully saturated rings. The van der Waals surface area contributed by atoms with Gasteiger partial charge in [-0.3, -0.25) is 14.9 Å². The molecule has 116 valence electrons. The SMILES string of the molecule is CC(O)C(NS(=O)(=O)Cc1ccccc1[N+](=O)[O-])C(=O)O. The molecule has 0 saturated heterocycles. The smallest absolute Gasteiger partial charge is 0.324 e. The second-order valence-corrected chi connectivity index (χ2v) is 6.07. The minimum atomic E-state index is -4.18. The maximum atomic E-state index is 11.9. The Morgan fingerprint density at radius 1 is 1.43 bits per heavy atom. The van der Waals surface area contributed by atoms with Crippen molar-refractivity contribution in [2.45, 2.75) is 24.8 Å². The first kappa shape index (κ1) is 17.0. The molecule has 0 aliphatic rings. The highest BCUT2D eigenvalue weighted by Gasteiger charge is 2.29. The monoisotopic (exact) mass is 318 g/mol. The Labute approximate surface area is 120 Å². The molecule has 0 aromatic heterocycles. The van der Waals surface area contributed by atoms with Gasteiger partial charge < -0.3 is 10.2 Å². The average Bonchev–Trinajstić information content (AvgIpc) is 2.35. The third-order valence-electron chi connectivity index (χ3n) is 2.59. The van der Waals surface area contributed by atoms with E-state index in [1.165, 1.54) is 18.2 Å². The number of rotatable bonds is 7. The number of hydrogen-bond donors (Lipinski definition) is 3. The number of carbonyl (C=O) groups is 1. The van der Waals surface area contributed by atoms with Gasteiger partial charge in [-0.1, -0.05) is 18.2 Å². The maximum absolute atomic E-state index is 11.9. The van der Waals surface area contributed by atoms with Crippen LogP contribution in [-0.4, -0.2) is 41.7 Å². The maximum Gasteiger partial charge on any atom is 0.324 e. The normalized spacial score (nSPS) is 14.4. The molecule has 1 aromatic rings. The van der Waals surface area contributed by atoms with Crippen LogP contribution in [0.3, 0.4) is 0 Å². The van der Waals surface area contributed by atoms with Crippen molar-refractivity contribution >= 4 is 21.7 Å². The van der Waals surface area contributed by atoms with Crippen LogP contribution in [0.4, 0.5) is 5.69 Å². The van der Waals surface area contributed by atoms with Crippen molar-refractivity contribution in [2.24, 2.45) is 0 Å². The van der Waals surface area contributed by atoms with E-state index in [0.29, 0.717) is 0 Å². The number of sulfonamides is 1. The Kier molecular flexibility index (Phi) is 5.35. The van der Waals surface area contributed by atoms with Gasteiger partial charge in [-0.25, -0.2) is 8.42 Å². The van der Waals surface area contributed by atoms with Crippen molar-refractivity contribution in [3.63, 3.8) is 0 Å². The molecule has 0 radical (unpaired) electrons. The van der Waals surface area contributed by atoms with Crippen LogP contribution < -0.4 is 4.72 Å². The number of carboxylic acid groups (broad SMARTS) is 1. The summed E-state index contributed by atoms with van der Waals surface area (Å²) in [5.74, 6) is -2.31. The molecule has 0 aliphatic heterocycles. The van der Waals surface area contributed by atoms with Crippen molar-refractivity contribution in [2.75, 3.05) is 0 Å². The van der Waals surface area contributed by atoms with Crippen molar-refractivity contribution < 1.29 is 28.3 Å². The summed E-state index contributed by atoms with van der Waals surface area (Å²) in [5, 5.41) is 28.9. The van der Waals surface area contributed by atoms with Crippen LogP contribution in [-0.2, 0) is 20.6 Å². The Balaban J connectivity index is 3.01. The summed E-state index contributed by atoms with van der Waals surface area (Å²) in [6.45, 7) is 1.12. The van der Waals surface area contributed by atoms with E-state index in [9.17, 15) is 28.4 Å². The molecule has 0 bridgehead atoms. The lowest BCUT2D eigenvalue weighted by molar-refractivity contribution is -0.385. The summed E-state index contributed by atoms with van der Waals surface area (Å²) >= 11 is 0. The number of hydrogen-bond acceptors (Lipinski definition) is 6. The van der Waals surface area contributed by atoms with Gasteiger partial charge >= 0.3 is 5.97 Å². The Hall–Kier alpha value is -2.04. The van der Waals surface area contributed by atoms with Gasteiger partial charge in [0.15, 0.2) is 0 Å². The number of carboxylic acids is 1. The van der Waals surface area contributed by atoms with Crippen LogP contribution in [0.2, 0.25) is 0 Å². The number of aliphatic hydroxyl groups excluding tert-OH is 1. The van der Waals surface area contributed by atoms with Crippen LogP contribution in [0, 0.1) is 10.1 Å². The second-order valence-electron chi connectivity index (χ2n) is 4.32. The highest BCUT2D eigenvalue weighted by molar-refractivity contribution is 7.88. The molecule has 0 spiro atoms. The van der Waals surface area contributed by atoms with Gasteiger partial charge in [0.1, 0.15) is 6.04 Å². The van der Waals surface area contributed by atoms with Crippen molar-refractivity contribution in [3.8, 4) is 0 Å². The lowest BCUT2D eigenvalue weighted by Gasteiger charge is -2.17. The van der Waals surface area contributed by atoms with Crippen LogP contribution in [0.1, 0.15) is 12.5 Å². The van der Waals surface area contributed by atoms with Gasteiger partial charge in [-0.15, -0.1) is 0 Å². The van der Waals surface area contributed by atoms with E-state index >= 15 is 0 Å². The number of aliphatic carboxylic acids is 1. The van der Waals surface area contributed by atoms with E-state index in [1.54, 1.807) is 4.72 Å². The molecule has 0 aliphatic carbocycles. The quantitative estimate of drug-likeness (QED) is 0.467. The molecule has 0 saturated carbocycles. The number of aliphatic hydroxyl groups is 1. The van der Waals surface area contributed by atoms with Gasteiger partial charge in [0.25, 0.3) is 5.69 Å². The zero-order chi connectivity index (χ0) is 16.2. The summed E-state index contributed by atoms with van der Waals surface area (Å²) < 4.78 is 25.6. The molecule has 10 heteroatoms. The number of benzene rings is 1. The zero-order valence-corrected chi connectivity index (χ0v) is 11.8. The zero-order valence-electron chi connectivity index (χ0n) is 11.0. The van der Waals surface area contributed by atoms with Gasteiger partial charge in [-0.05, 0) is 6.92 Å². The molecule has 2 unspecified atom stereocenters. The van der Waals surface area contributed by atoms with Gasteiger partial charge in [0.2, 0.25) is 10.0 Å². The summed E-state index contributed by atoms with van der Waals surface area (Å²) in [7, 11) is -4.18. The molecule has 0 heterocycles. The van der Waals surface area contributed by atoms with Crippen LogP contribution in [0.25, 0.3) is 0 Å². The molecule has 0 amide bonds. The van der Waals surface area contributed by atoms with Gasteiger partial charge in [0.05, 0.1) is 16.8 Å². The summed E-state index contributed by atoms with van der Waals surface area (Å²) in [5.41, 5.74) is -0.462. The number of nitrogens with zero attached hydrogens (tertiary/aromatic N) is 1. The fourth-order valence-corrected chi connectivity index (χ4v) is 3.03. The minimum Gasteiger partial charge on any atom is -0.480 e. The van der Waals surface area contributed by atoms with E-state index in [1.807, 2.05) is 0 Å². The highest BCUT2D eigenvalue weighted by Crippen LogP contribution is 2.20. The second kappa shape index (κ2) is 6.61. The molecule has 2 atom stereocenters. The third-order valence-corrected chi connectivity index (χ3v) is 3.89. The first-order valence-electron chi connectivity index (χ1n) is 5.77. The van der Waals surface area contributed by atoms with Crippen LogP contribution in [0.15, 0.2) is 24.3 Å². The lowest BCUT2D eigenvalue weighted by Crippen LogP contribution is -2.47. The molecule has 1 aromatic carbocycles. The van der Waals surface area contributed by atoms with Crippen LogP contribution in [0.5, 0.6) is 0 Å². The third kappa shape index (κ3) is 4.77. The standard InChI is InChI=1S/C11H14N2O7S/c1-7(14)10(11(15)16)12-21(19,20)6-8-4-2-3-5-9(8)13(17)18/h2-5,7,10,12,14H,6H2,1H3,(H,15,16). The highest BCUT2D eigenvalue weighted by atomic mass is 32.2. The number of nitro groups is 1. The molecule has 3 N–H and O–H groups in total. The molecular formula is C11H14N2O7S. The van der Waals surface area contributed by atoms with Crippen LogP contribution >= 0.6 is 0 Å². The average molecular weight is 318 g/mol. The summed E-state index contributed by atoms with van der Waals surface area (Å²) in [4.78, 5) is 20.9. The van der Waals surface area contributed by atoms with Gasteiger partial charge in [-0.2, -0.15) is 4.72 Å². The Morgan fingerprint density at radius 3 is 2.48 bits per heavy atom. The van der Waals surface area contributed by atoms with Crippen molar-refractivity contribution in [1.82, 2.24) is 4.72 Å². The fraction of sp³-hybridized carbons (Fsp3) is 0.364. The predicted octanol–water partition coefficient (Wildman–Crippen LogP) is -0.152. The molecule has 21 heavy (non-hydrogen) atoms. The largest absolute Gasteiger partial charge is 0.480 e. The Bertz CT molecular complexity index is 642. The van der Waals surface area contributed by atoms with Crippen molar-refractivity contribution in [1.29, 1.82) is 0 Å². The van der Waals surface area contributed by atoms with E-state index in [-0.39, 0.29) is 11.3 Å². The number of para-hydroxylation sites is 1. The van der Waals surface area contributed by atoms with Gasteiger partial charge in [0, 0.05) is 11.6 Å². The Morgan fingerprint density at radius 2 is 2.00 bits per heavy atom. The fourth-order valence-electron chi connectivity index (χ4n) is 1.61. The topological polar surface area (TPSA) is 147 Å². The van der Waals surface area contributed by atoms with Crippen molar-refractivity contribution in [3.05, 3.63) is 39.9 Å². The van der Waals surface area contributed by atoms with E-state index in [4.69, 9.17) is 5.11 Å².